The third-order valence-electron chi connectivity index (χ3n) is 5.12. The van der Waals surface area contributed by atoms with E-state index < -0.39 is 0 Å². The number of primary amides is 1. The normalized spacial score (nSPS) is 19.0. The van der Waals surface area contributed by atoms with Crippen LogP contribution in [0.2, 0.25) is 0 Å². The Morgan fingerprint density at radius 2 is 2.04 bits per heavy atom. The molecule has 2 heterocycles. The van der Waals surface area contributed by atoms with Gasteiger partial charge in [0.05, 0.1) is 23.8 Å². The van der Waals surface area contributed by atoms with Gasteiger partial charge in [-0.3, -0.25) is 4.79 Å². The molecule has 3 aromatic rings. The maximum absolute atomic E-state index is 13.5. The molecule has 0 fully saturated rings. The first-order valence-electron chi connectivity index (χ1n) is 8.98. The molecule has 0 unspecified atom stereocenters. The van der Waals surface area contributed by atoms with E-state index in [9.17, 15) is 9.18 Å². The summed E-state index contributed by atoms with van der Waals surface area (Å²) in [6, 6.07) is 16.3. The number of halogens is 1. The smallest absolute Gasteiger partial charge is 0.225 e. The van der Waals surface area contributed by atoms with Gasteiger partial charge in [-0.25, -0.2) is 9.07 Å². The van der Waals surface area contributed by atoms with Crippen LogP contribution in [-0.2, 0) is 11.3 Å². The first kappa shape index (κ1) is 17.3. The lowest BCUT2D eigenvalue weighted by molar-refractivity contribution is -0.119. The van der Waals surface area contributed by atoms with E-state index in [4.69, 9.17) is 5.73 Å². The van der Waals surface area contributed by atoms with Crippen molar-refractivity contribution in [3.8, 4) is 5.69 Å². The summed E-state index contributed by atoms with van der Waals surface area (Å²) in [4.78, 5) is 14.1. The number of para-hydroxylation sites is 1. The molecule has 4 rings (SSSR count). The lowest BCUT2D eigenvalue weighted by Gasteiger charge is -2.39. The van der Waals surface area contributed by atoms with Crippen LogP contribution in [0.1, 0.15) is 30.5 Å². The minimum atomic E-state index is -0.291. The van der Waals surface area contributed by atoms with E-state index in [0.29, 0.717) is 18.7 Å². The van der Waals surface area contributed by atoms with Gasteiger partial charge < -0.3 is 10.6 Å². The van der Waals surface area contributed by atoms with Gasteiger partial charge in [-0.1, -0.05) is 24.3 Å². The molecule has 6 heteroatoms. The monoisotopic (exact) mass is 364 g/mol. The van der Waals surface area contributed by atoms with Gasteiger partial charge in [0, 0.05) is 17.9 Å². The molecule has 0 saturated carbocycles. The topological polar surface area (TPSA) is 64.2 Å². The maximum atomic E-state index is 13.5. The number of carbonyl (C=O) groups is 1. The molecular formula is C21H21FN4O. The van der Waals surface area contributed by atoms with Gasteiger partial charge in [0.25, 0.3) is 0 Å². The van der Waals surface area contributed by atoms with Crippen molar-refractivity contribution in [2.75, 3.05) is 4.90 Å². The maximum Gasteiger partial charge on any atom is 0.225 e. The van der Waals surface area contributed by atoms with Crippen LogP contribution in [-0.4, -0.2) is 21.7 Å². The van der Waals surface area contributed by atoms with Crippen LogP contribution in [0.5, 0.6) is 0 Å². The zero-order valence-electron chi connectivity index (χ0n) is 15.0. The first-order chi connectivity index (χ1) is 13.0. The van der Waals surface area contributed by atoms with Crippen molar-refractivity contribution in [1.29, 1.82) is 0 Å². The van der Waals surface area contributed by atoms with Crippen LogP contribution in [0.15, 0.2) is 60.8 Å². The Labute approximate surface area is 157 Å². The van der Waals surface area contributed by atoms with E-state index in [1.807, 2.05) is 42.6 Å². The molecule has 1 aromatic heterocycles. The van der Waals surface area contributed by atoms with E-state index in [1.54, 1.807) is 10.7 Å². The van der Waals surface area contributed by atoms with Gasteiger partial charge in [0.2, 0.25) is 5.91 Å². The van der Waals surface area contributed by atoms with E-state index in [-0.39, 0.29) is 23.7 Å². The molecule has 1 aliphatic rings. The Balaban J connectivity index is 1.63. The van der Waals surface area contributed by atoms with Crippen molar-refractivity contribution in [3.05, 3.63) is 77.9 Å². The van der Waals surface area contributed by atoms with Crippen LogP contribution in [0.25, 0.3) is 5.69 Å². The van der Waals surface area contributed by atoms with Gasteiger partial charge >= 0.3 is 0 Å². The third kappa shape index (κ3) is 3.30. The number of rotatable bonds is 4. The van der Waals surface area contributed by atoms with E-state index in [1.165, 1.54) is 12.1 Å². The summed E-state index contributed by atoms with van der Waals surface area (Å²) in [5.41, 5.74) is 9.15. The van der Waals surface area contributed by atoms with Gasteiger partial charge in [-0.05, 0) is 49.2 Å². The molecular weight excluding hydrogens is 343 g/mol. The number of nitrogens with two attached hydrogens (primary N) is 1. The van der Waals surface area contributed by atoms with Crippen molar-refractivity contribution in [2.24, 2.45) is 5.73 Å². The van der Waals surface area contributed by atoms with Gasteiger partial charge in [0.1, 0.15) is 5.82 Å². The number of aromatic nitrogens is 2. The molecule has 2 atom stereocenters. The molecule has 27 heavy (non-hydrogen) atoms. The second-order valence-corrected chi connectivity index (χ2v) is 6.96. The molecule has 1 aliphatic heterocycles. The number of carbonyl (C=O) groups excluding carboxylic acids is 1. The fourth-order valence-electron chi connectivity index (χ4n) is 3.77. The number of hydrogen-bond donors (Lipinski definition) is 1. The summed E-state index contributed by atoms with van der Waals surface area (Å²) in [6.45, 7) is 2.70. The number of amides is 1. The Bertz CT molecular complexity index is 984. The van der Waals surface area contributed by atoms with Crippen LogP contribution in [0.4, 0.5) is 10.1 Å². The molecule has 0 radical (unpaired) electrons. The largest absolute Gasteiger partial charge is 0.369 e. The van der Waals surface area contributed by atoms with Gasteiger partial charge in [-0.15, -0.1) is 0 Å². The molecule has 1 amide bonds. The predicted octanol–water partition coefficient (Wildman–Crippen LogP) is 3.38. The zero-order valence-corrected chi connectivity index (χ0v) is 15.0. The van der Waals surface area contributed by atoms with Crippen LogP contribution < -0.4 is 10.6 Å². The number of hydrogen-bond acceptors (Lipinski definition) is 3. The van der Waals surface area contributed by atoms with E-state index in [2.05, 4.69) is 16.9 Å². The van der Waals surface area contributed by atoms with Crippen LogP contribution in [0.3, 0.4) is 0 Å². The van der Waals surface area contributed by atoms with E-state index >= 15 is 0 Å². The number of fused-ring (bicyclic) bond motifs is 1. The molecule has 0 spiro atoms. The molecule has 2 aromatic carbocycles. The third-order valence-corrected chi connectivity index (χ3v) is 5.12. The first-order valence-corrected chi connectivity index (χ1v) is 8.98. The minimum absolute atomic E-state index is 0.150. The molecule has 0 aliphatic carbocycles. The SMILES string of the molecule is C[C@@H]1C[C@H](C(N)=O)c2ccccc2N1Cc1ccn(-c2cccc(F)c2)n1. The van der Waals surface area contributed by atoms with Crippen molar-refractivity contribution >= 4 is 11.6 Å². The number of anilines is 1. The Morgan fingerprint density at radius 3 is 2.81 bits per heavy atom. The predicted molar refractivity (Wildman–Crippen MR) is 102 cm³/mol. The summed E-state index contributed by atoms with van der Waals surface area (Å²) >= 11 is 0. The summed E-state index contributed by atoms with van der Waals surface area (Å²) in [6.07, 6.45) is 2.51. The highest BCUT2D eigenvalue weighted by molar-refractivity contribution is 5.85. The number of benzene rings is 2. The summed E-state index contributed by atoms with van der Waals surface area (Å²) in [5, 5.41) is 4.59. The summed E-state index contributed by atoms with van der Waals surface area (Å²) in [5.74, 6) is -0.845. The highest BCUT2D eigenvalue weighted by Crippen LogP contribution is 2.38. The summed E-state index contributed by atoms with van der Waals surface area (Å²) < 4.78 is 15.1. The Morgan fingerprint density at radius 1 is 1.22 bits per heavy atom. The highest BCUT2D eigenvalue weighted by atomic mass is 19.1. The standard InChI is InChI=1S/C21H21FN4O/c1-14-11-19(21(23)27)18-7-2-3-8-20(18)25(14)13-16-9-10-26(24-16)17-6-4-5-15(22)12-17/h2-10,12,14,19H,11,13H2,1H3,(H2,23,27)/t14-,19+/m1/s1. The second-order valence-electron chi connectivity index (χ2n) is 6.96. The van der Waals surface area contributed by atoms with Crippen molar-refractivity contribution < 1.29 is 9.18 Å². The fourth-order valence-corrected chi connectivity index (χ4v) is 3.77. The van der Waals surface area contributed by atoms with Crippen molar-refractivity contribution in [3.63, 3.8) is 0 Å². The van der Waals surface area contributed by atoms with E-state index in [0.717, 1.165) is 16.9 Å². The quantitative estimate of drug-likeness (QED) is 0.772. The molecule has 0 saturated heterocycles. The molecule has 0 bridgehead atoms. The van der Waals surface area contributed by atoms with Crippen LogP contribution >= 0.6 is 0 Å². The average molecular weight is 364 g/mol. The van der Waals surface area contributed by atoms with Gasteiger partial charge in [0.15, 0.2) is 0 Å². The zero-order chi connectivity index (χ0) is 19.0. The Kier molecular flexibility index (Phi) is 4.39. The number of nitrogens with zero attached hydrogens (tertiary/aromatic N) is 3. The average Bonchev–Trinajstić information content (AvgIpc) is 3.12. The van der Waals surface area contributed by atoms with Crippen molar-refractivity contribution in [2.45, 2.75) is 31.8 Å². The molecule has 5 nitrogen and oxygen atoms in total. The highest BCUT2D eigenvalue weighted by Gasteiger charge is 2.33. The van der Waals surface area contributed by atoms with Crippen molar-refractivity contribution in [1.82, 2.24) is 9.78 Å². The fraction of sp³-hybridized carbons (Fsp3) is 0.238. The van der Waals surface area contributed by atoms with Gasteiger partial charge in [-0.2, -0.15) is 5.10 Å². The lowest BCUT2D eigenvalue weighted by atomic mass is 9.85. The Hall–Kier alpha value is -3.15. The second kappa shape index (κ2) is 6.87. The van der Waals surface area contributed by atoms with Crippen LogP contribution in [0, 0.1) is 5.82 Å². The molecule has 138 valence electrons. The molecule has 2 N–H and O–H groups in total. The summed E-state index contributed by atoms with van der Waals surface area (Å²) in [7, 11) is 0. The minimum Gasteiger partial charge on any atom is -0.369 e. The lowest BCUT2D eigenvalue weighted by Crippen LogP contribution is -2.41.